The third-order valence-corrected chi connectivity index (χ3v) is 1.07. The van der Waals surface area contributed by atoms with E-state index in [-0.39, 0.29) is 13.1 Å². The van der Waals surface area contributed by atoms with Gasteiger partial charge in [-0.25, -0.2) is 0 Å². The van der Waals surface area contributed by atoms with Crippen molar-refractivity contribution in [1.82, 2.24) is 5.01 Å². The summed E-state index contributed by atoms with van der Waals surface area (Å²) in [7, 11) is 0. The van der Waals surface area contributed by atoms with Crippen LogP contribution in [0.4, 0.5) is 0 Å². The van der Waals surface area contributed by atoms with Crippen LogP contribution in [-0.4, -0.2) is 40.5 Å². The molecule has 5 nitrogen and oxygen atoms in total. The highest BCUT2D eigenvalue weighted by Crippen LogP contribution is 1.94. The molecule has 11 heavy (non-hydrogen) atoms. The maximum absolute atomic E-state index is 10.0. The Morgan fingerprint density at radius 3 is 1.82 bits per heavy atom. The molecule has 0 bridgehead atoms. The maximum atomic E-state index is 10.0. The molecule has 0 heterocycles. The summed E-state index contributed by atoms with van der Waals surface area (Å²) in [5, 5.41) is 21.4. The zero-order chi connectivity index (χ0) is 8.85. The monoisotopic (exact) mass is 162 g/mol. The van der Waals surface area contributed by atoms with Crippen LogP contribution < -0.4 is 0 Å². The van der Waals surface area contributed by atoms with E-state index >= 15 is 0 Å². The van der Waals surface area contributed by atoms with Gasteiger partial charge in [-0.3, -0.25) is 5.01 Å². The summed E-state index contributed by atoms with van der Waals surface area (Å²) in [5.41, 5.74) is 0. The van der Waals surface area contributed by atoms with Crippen molar-refractivity contribution in [2.45, 2.75) is 26.1 Å². The molecule has 0 unspecified atom stereocenters. The van der Waals surface area contributed by atoms with Gasteiger partial charge in [0.15, 0.2) is 0 Å². The lowest BCUT2D eigenvalue weighted by Gasteiger charge is -2.17. The standard InChI is InChI=1S/C6H14N2O3/c1-5(9)3-8(7-11)4-6(2)10/h5-6,9-10H,3-4H2,1-2H3/t5-,6-/m0/s1. The lowest BCUT2D eigenvalue weighted by atomic mass is 10.3. The predicted octanol–water partition coefficient (Wildman–Crippen LogP) is -0.269. The molecule has 5 heteroatoms. The van der Waals surface area contributed by atoms with Crippen LogP contribution >= 0.6 is 0 Å². The molecule has 0 aliphatic carbocycles. The van der Waals surface area contributed by atoms with Crippen molar-refractivity contribution in [3.63, 3.8) is 0 Å². The number of nitroso groups, excluding NO2 is 1. The quantitative estimate of drug-likeness (QED) is 0.431. The average Bonchev–Trinajstić information content (AvgIpc) is 1.84. The van der Waals surface area contributed by atoms with Crippen molar-refractivity contribution in [1.29, 1.82) is 0 Å². The Balaban J connectivity index is 3.67. The van der Waals surface area contributed by atoms with Gasteiger partial charge in [-0.05, 0) is 13.8 Å². The van der Waals surface area contributed by atoms with Crippen LogP contribution in [0.25, 0.3) is 0 Å². The molecular formula is C6H14N2O3. The maximum Gasteiger partial charge on any atom is 0.0705 e. The third-order valence-electron chi connectivity index (χ3n) is 1.07. The summed E-state index contributed by atoms with van der Waals surface area (Å²) in [4.78, 5) is 10.0. The molecule has 0 aromatic heterocycles. The normalized spacial score (nSPS) is 15.6. The van der Waals surface area contributed by atoms with E-state index in [2.05, 4.69) is 5.29 Å². The number of hydrogen-bond donors (Lipinski definition) is 2. The number of hydrogen-bond acceptors (Lipinski definition) is 4. The first-order chi connectivity index (χ1) is 5.06. The molecule has 0 saturated heterocycles. The molecule has 2 N–H and O–H groups in total. The van der Waals surface area contributed by atoms with Crippen molar-refractivity contribution in [2.24, 2.45) is 5.29 Å². The van der Waals surface area contributed by atoms with Crippen LogP contribution in [0, 0.1) is 4.91 Å². The Morgan fingerprint density at radius 2 is 1.64 bits per heavy atom. The minimum atomic E-state index is -0.605. The summed E-state index contributed by atoms with van der Waals surface area (Å²) in [6.07, 6.45) is -1.21. The van der Waals surface area contributed by atoms with Gasteiger partial charge in [-0.2, -0.15) is 0 Å². The minimum Gasteiger partial charge on any atom is -0.392 e. The molecule has 0 aromatic carbocycles. The van der Waals surface area contributed by atoms with E-state index in [9.17, 15) is 4.91 Å². The van der Waals surface area contributed by atoms with Crippen LogP contribution in [0.3, 0.4) is 0 Å². The molecule has 0 rings (SSSR count). The summed E-state index contributed by atoms with van der Waals surface area (Å²) < 4.78 is 0. The van der Waals surface area contributed by atoms with Gasteiger partial charge in [0, 0.05) is 0 Å². The largest absolute Gasteiger partial charge is 0.392 e. The van der Waals surface area contributed by atoms with Crippen molar-refractivity contribution >= 4 is 0 Å². The smallest absolute Gasteiger partial charge is 0.0705 e. The molecule has 0 fully saturated rings. The minimum absolute atomic E-state index is 0.161. The highest BCUT2D eigenvalue weighted by molar-refractivity contribution is 4.59. The molecule has 2 atom stereocenters. The van der Waals surface area contributed by atoms with Gasteiger partial charge in [-0.15, -0.1) is 4.91 Å². The van der Waals surface area contributed by atoms with E-state index in [1.165, 1.54) is 0 Å². The Kier molecular flexibility index (Phi) is 4.72. The van der Waals surface area contributed by atoms with Gasteiger partial charge in [0.1, 0.15) is 0 Å². The van der Waals surface area contributed by atoms with Crippen LogP contribution in [0.2, 0.25) is 0 Å². The van der Waals surface area contributed by atoms with Gasteiger partial charge < -0.3 is 10.2 Å². The predicted molar refractivity (Wildman–Crippen MR) is 40.7 cm³/mol. The van der Waals surface area contributed by atoms with E-state index in [1.54, 1.807) is 13.8 Å². The molecule has 0 aromatic rings. The van der Waals surface area contributed by atoms with Gasteiger partial charge in [-0.1, -0.05) is 0 Å². The first-order valence-electron chi connectivity index (χ1n) is 3.50. The fraction of sp³-hybridized carbons (Fsp3) is 1.00. The molecule has 0 amide bonds. The molecule has 0 saturated carbocycles. The van der Waals surface area contributed by atoms with E-state index in [0.29, 0.717) is 0 Å². The molecule has 0 aliphatic heterocycles. The van der Waals surface area contributed by atoms with E-state index in [0.717, 1.165) is 5.01 Å². The van der Waals surface area contributed by atoms with Gasteiger partial charge >= 0.3 is 0 Å². The lowest BCUT2D eigenvalue weighted by molar-refractivity contribution is 0.0846. The van der Waals surface area contributed by atoms with Crippen LogP contribution in [0.15, 0.2) is 5.29 Å². The fourth-order valence-corrected chi connectivity index (χ4v) is 0.751. The first-order valence-corrected chi connectivity index (χ1v) is 3.50. The Hall–Kier alpha value is -0.680. The van der Waals surface area contributed by atoms with E-state index < -0.39 is 12.2 Å². The number of aliphatic hydroxyl groups excluding tert-OH is 2. The summed E-state index contributed by atoms with van der Waals surface area (Å²) >= 11 is 0. The van der Waals surface area contributed by atoms with Gasteiger partial charge in [0.05, 0.1) is 30.6 Å². The number of nitrogens with zero attached hydrogens (tertiary/aromatic N) is 2. The topological polar surface area (TPSA) is 73.1 Å². The molecule has 0 aliphatic rings. The SMILES string of the molecule is C[C@H](O)CN(C[C@H](C)O)N=O. The van der Waals surface area contributed by atoms with E-state index in [1.807, 2.05) is 0 Å². The van der Waals surface area contributed by atoms with Gasteiger partial charge in [0.25, 0.3) is 0 Å². The van der Waals surface area contributed by atoms with Gasteiger partial charge in [0.2, 0.25) is 0 Å². The highest BCUT2D eigenvalue weighted by atomic mass is 16.3. The average molecular weight is 162 g/mol. The molecule has 0 spiro atoms. The lowest BCUT2D eigenvalue weighted by Crippen LogP contribution is -2.31. The fourth-order valence-electron chi connectivity index (χ4n) is 0.751. The second-order valence-electron chi connectivity index (χ2n) is 2.65. The van der Waals surface area contributed by atoms with Crippen LogP contribution in [0.1, 0.15) is 13.8 Å². The highest BCUT2D eigenvalue weighted by Gasteiger charge is 2.08. The van der Waals surface area contributed by atoms with Crippen molar-refractivity contribution in [2.75, 3.05) is 13.1 Å². The Morgan fingerprint density at radius 1 is 1.27 bits per heavy atom. The second kappa shape index (κ2) is 5.03. The van der Waals surface area contributed by atoms with Crippen molar-refractivity contribution in [3.8, 4) is 0 Å². The summed E-state index contributed by atoms with van der Waals surface area (Å²) in [6.45, 7) is 3.43. The Bertz CT molecular complexity index is 106. The third kappa shape index (κ3) is 5.75. The van der Waals surface area contributed by atoms with Crippen molar-refractivity contribution < 1.29 is 10.2 Å². The van der Waals surface area contributed by atoms with Crippen LogP contribution in [-0.2, 0) is 0 Å². The Labute approximate surface area is 65.6 Å². The van der Waals surface area contributed by atoms with Crippen LogP contribution in [0.5, 0.6) is 0 Å². The number of aliphatic hydroxyl groups is 2. The molecular weight excluding hydrogens is 148 g/mol. The summed E-state index contributed by atoms with van der Waals surface area (Å²) in [5.74, 6) is 0. The zero-order valence-corrected chi connectivity index (χ0v) is 6.77. The molecule has 66 valence electrons. The van der Waals surface area contributed by atoms with E-state index in [4.69, 9.17) is 10.2 Å². The molecule has 0 radical (unpaired) electrons. The zero-order valence-electron chi connectivity index (χ0n) is 6.77. The van der Waals surface area contributed by atoms with Crippen molar-refractivity contribution in [3.05, 3.63) is 4.91 Å². The number of rotatable bonds is 5. The summed E-state index contributed by atoms with van der Waals surface area (Å²) in [6, 6.07) is 0. The second-order valence-corrected chi connectivity index (χ2v) is 2.65. The first kappa shape index (κ1) is 10.3.